The van der Waals surface area contributed by atoms with Crippen molar-refractivity contribution in [1.29, 1.82) is 0 Å². The van der Waals surface area contributed by atoms with Crippen LogP contribution in [-0.2, 0) is 0 Å². The molecule has 0 unspecified atom stereocenters. The maximum absolute atomic E-state index is 12.1. The summed E-state index contributed by atoms with van der Waals surface area (Å²) in [4.78, 5) is 12.1. The highest BCUT2D eigenvalue weighted by Crippen LogP contribution is 2.18. The van der Waals surface area contributed by atoms with Crippen molar-refractivity contribution >= 4 is 5.91 Å². The van der Waals surface area contributed by atoms with Gasteiger partial charge in [0.25, 0.3) is 5.91 Å². The van der Waals surface area contributed by atoms with E-state index in [1.54, 1.807) is 24.3 Å². The van der Waals surface area contributed by atoms with Gasteiger partial charge in [-0.25, -0.2) is 0 Å². The first-order valence-corrected chi connectivity index (χ1v) is 7.98. The zero-order valence-electron chi connectivity index (χ0n) is 14.2. The van der Waals surface area contributed by atoms with Crippen LogP contribution in [0.25, 0.3) is 11.5 Å². The molecule has 0 saturated heterocycles. The maximum Gasteiger partial charge on any atom is 0.251 e. The predicted octanol–water partition coefficient (Wildman–Crippen LogP) is 3.16. The average Bonchev–Trinajstić information content (AvgIpc) is 3.15. The summed E-state index contributed by atoms with van der Waals surface area (Å²) < 4.78 is 10.8. The summed E-state index contributed by atoms with van der Waals surface area (Å²) >= 11 is 0. The van der Waals surface area contributed by atoms with Gasteiger partial charge >= 0.3 is 0 Å². The van der Waals surface area contributed by atoms with Crippen molar-refractivity contribution in [2.75, 3.05) is 13.2 Å². The molecule has 0 aliphatic heterocycles. The zero-order chi connectivity index (χ0) is 17.6. The summed E-state index contributed by atoms with van der Waals surface area (Å²) in [6.45, 7) is 4.89. The number of nitrogens with one attached hydrogen (secondary N) is 1. The number of nitrogens with zero attached hydrogens (tertiary/aromatic N) is 2. The van der Waals surface area contributed by atoms with Gasteiger partial charge in [0, 0.05) is 11.1 Å². The minimum atomic E-state index is -0.152. The largest absolute Gasteiger partial charge is 0.491 e. The molecule has 1 heterocycles. The predicted molar refractivity (Wildman–Crippen MR) is 93.5 cm³/mol. The van der Waals surface area contributed by atoms with Crippen molar-refractivity contribution in [2.45, 2.75) is 13.8 Å². The molecular weight excluding hydrogens is 318 g/mol. The summed E-state index contributed by atoms with van der Waals surface area (Å²) in [5.41, 5.74) is 3.62. The van der Waals surface area contributed by atoms with Crippen LogP contribution >= 0.6 is 0 Å². The summed E-state index contributed by atoms with van der Waals surface area (Å²) in [5, 5.41) is 10.3. The normalized spacial score (nSPS) is 10.5. The Morgan fingerprint density at radius 2 is 1.96 bits per heavy atom. The molecule has 1 N–H and O–H groups in total. The first-order valence-electron chi connectivity index (χ1n) is 7.98. The van der Waals surface area contributed by atoms with E-state index in [1.165, 1.54) is 12.0 Å². The average molecular weight is 337 g/mol. The fourth-order valence-electron chi connectivity index (χ4n) is 2.45. The van der Waals surface area contributed by atoms with Crippen molar-refractivity contribution in [2.24, 2.45) is 0 Å². The topological polar surface area (TPSA) is 77.2 Å². The summed E-state index contributed by atoms with van der Waals surface area (Å²) in [5.74, 6) is 1.11. The number of rotatable bonds is 6. The van der Waals surface area contributed by atoms with Gasteiger partial charge in [0.15, 0.2) is 0 Å². The van der Waals surface area contributed by atoms with Gasteiger partial charge in [-0.05, 0) is 49.7 Å². The molecular formula is C19H19N3O3. The highest BCUT2D eigenvalue weighted by Gasteiger charge is 2.08. The standard InChI is InChI=1S/C19H19N3O3/c1-13-3-8-17(14(2)11-13)24-10-9-20-18(23)15-4-6-16(7-5-15)19-22-21-12-25-19/h3-8,11-12H,9-10H2,1-2H3,(H,20,23). The van der Waals surface area contributed by atoms with Gasteiger partial charge in [0.1, 0.15) is 12.4 Å². The van der Waals surface area contributed by atoms with E-state index in [0.717, 1.165) is 16.9 Å². The van der Waals surface area contributed by atoms with Crippen molar-refractivity contribution in [3.05, 3.63) is 65.5 Å². The maximum atomic E-state index is 12.1. The summed E-state index contributed by atoms with van der Waals surface area (Å²) in [6.07, 6.45) is 1.27. The zero-order valence-corrected chi connectivity index (χ0v) is 14.2. The summed E-state index contributed by atoms with van der Waals surface area (Å²) in [7, 11) is 0. The Bertz CT molecular complexity index is 843. The molecule has 0 aliphatic carbocycles. The quantitative estimate of drug-likeness (QED) is 0.699. The lowest BCUT2D eigenvalue weighted by Gasteiger charge is -2.10. The number of hydrogen-bond donors (Lipinski definition) is 1. The first-order chi connectivity index (χ1) is 12.1. The van der Waals surface area contributed by atoms with Gasteiger partial charge in [-0.15, -0.1) is 10.2 Å². The number of ether oxygens (including phenoxy) is 1. The molecule has 6 nitrogen and oxygen atoms in total. The lowest BCUT2D eigenvalue weighted by Crippen LogP contribution is -2.28. The van der Waals surface area contributed by atoms with E-state index in [0.29, 0.717) is 24.6 Å². The second kappa shape index (κ2) is 7.61. The molecule has 0 fully saturated rings. The van der Waals surface area contributed by atoms with E-state index in [9.17, 15) is 4.79 Å². The van der Waals surface area contributed by atoms with Gasteiger partial charge in [-0.1, -0.05) is 17.7 Å². The third kappa shape index (κ3) is 4.23. The third-order valence-electron chi connectivity index (χ3n) is 3.73. The molecule has 0 atom stereocenters. The Labute approximate surface area is 145 Å². The van der Waals surface area contributed by atoms with Gasteiger partial charge in [-0.2, -0.15) is 0 Å². The lowest BCUT2D eigenvalue weighted by atomic mass is 10.1. The fourth-order valence-corrected chi connectivity index (χ4v) is 2.45. The van der Waals surface area contributed by atoms with Crippen LogP contribution in [0.15, 0.2) is 53.3 Å². The Kier molecular flexibility index (Phi) is 5.09. The molecule has 0 aliphatic rings. The number of carbonyl (C=O) groups is 1. The van der Waals surface area contributed by atoms with E-state index in [-0.39, 0.29) is 5.91 Å². The van der Waals surface area contributed by atoms with Crippen LogP contribution in [-0.4, -0.2) is 29.3 Å². The number of aromatic nitrogens is 2. The van der Waals surface area contributed by atoms with Crippen LogP contribution in [0.2, 0.25) is 0 Å². The molecule has 0 bridgehead atoms. The van der Waals surface area contributed by atoms with Gasteiger partial charge in [0.05, 0.1) is 6.54 Å². The van der Waals surface area contributed by atoms with Crippen LogP contribution in [0.5, 0.6) is 5.75 Å². The number of aryl methyl sites for hydroxylation is 2. The smallest absolute Gasteiger partial charge is 0.251 e. The first kappa shape index (κ1) is 16.7. The number of amides is 1. The van der Waals surface area contributed by atoms with Crippen LogP contribution in [0.1, 0.15) is 21.5 Å². The molecule has 2 aromatic carbocycles. The van der Waals surface area contributed by atoms with E-state index in [4.69, 9.17) is 9.15 Å². The van der Waals surface area contributed by atoms with Crippen molar-refractivity contribution in [3.8, 4) is 17.2 Å². The van der Waals surface area contributed by atoms with E-state index in [1.807, 2.05) is 26.0 Å². The van der Waals surface area contributed by atoms with E-state index in [2.05, 4.69) is 21.6 Å². The molecule has 0 radical (unpaired) electrons. The monoisotopic (exact) mass is 337 g/mol. The molecule has 3 rings (SSSR count). The van der Waals surface area contributed by atoms with Crippen molar-refractivity contribution in [1.82, 2.24) is 15.5 Å². The van der Waals surface area contributed by atoms with E-state index < -0.39 is 0 Å². The fraction of sp³-hybridized carbons (Fsp3) is 0.211. The third-order valence-corrected chi connectivity index (χ3v) is 3.73. The molecule has 1 aromatic heterocycles. The molecule has 0 saturated carbocycles. The van der Waals surface area contributed by atoms with Crippen molar-refractivity contribution in [3.63, 3.8) is 0 Å². The second-order valence-electron chi connectivity index (χ2n) is 5.69. The lowest BCUT2D eigenvalue weighted by molar-refractivity contribution is 0.0947. The number of carbonyl (C=O) groups excluding carboxylic acids is 1. The van der Waals surface area contributed by atoms with Crippen LogP contribution in [0.4, 0.5) is 0 Å². The minimum Gasteiger partial charge on any atom is -0.491 e. The highest BCUT2D eigenvalue weighted by molar-refractivity contribution is 5.94. The highest BCUT2D eigenvalue weighted by atomic mass is 16.5. The molecule has 3 aromatic rings. The SMILES string of the molecule is Cc1ccc(OCCNC(=O)c2ccc(-c3nnco3)cc2)c(C)c1. The van der Waals surface area contributed by atoms with Crippen LogP contribution in [0.3, 0.4) is 0 Å². The number of benzene rings is 2. The molecule has 25 heavy (non-hydrogen) atoms. The van der Waals surface area contributed by atoms with Gasteiger partial charge in [0.2, 0.25) is 12.3 Å². The summed E-state index contributed by atoms with van der Waals surface area (Å²) in [6, 6.07) is 13.0. The van der Waals surface area contributed by atoms with Crippen molar-refractivity contribution < 1.29 is 13.9 Å². The molecule has 1 amide bonds. The molecule has 0 spiro atoms. The van der Waals surface area contributed by atoms with Crippen LogP contribution < -0.4 is 10.1 Å². The second-order valence-corrected chi connectivity index (χ2v) is 5.69. The Balaban J connectivity index is 1.49. The van der Waals surface area contributed by atoms with Gasteiger partial charge < -0.3 is 14.5 Å². The molecule has 128 valence electrons. The molecule has 6 heteroatoms. The Hall–Kier alpha value is -3.15. The van der Waals surface area contributed by atoms with Crippen LogP contribution in [0, 0.1) is 13.8 Å². The van der Waals surface area contributed by atoms with Gasteiger partial charge in [-0.3, -0.25) is 4.79 Å². The number of hydrogen-bond acceptors (Lipinski definition) is 5. The Morgan fingerprint density at radius 3 is 2.64 bits per heavy atom. The minimum absolute atomic E-state index is 0.152. The van der Waals surface area contributed by atoms with E-state index >= 15 is 0 Å². The Morgan fingerprint density at radius 1 is 1.16 bits per heavy atom.